The van der Waals surface area contributed by atoms with E-state index in [-0.39, 0.29) is 11.7 Å². The summed E-state index contributed by atoms with van der Waals surface area (Å²) in [6, 6.07) is 10.1. The van der Waals surface area contributed by atoms with Crippen molar-refractivity contribution in [3.8, 4) is 5.75 Å². The van der Waals surface area contributed by atoms with Crippen LogP contribution in [0.4, 0.5) is 0 Å². The summed E-state index contributed by atoms with van der Waals surface area (Å²) < 4.78 is 0. The fourth-order valence-corrected chi connectivity index (χ4v) is 1.62. The van der Waals surface area contributed by atoms with Crippen LogP contribution in [0.5, 0.6) is 5.75 Å². The molecule has 0 spiro atoms. The molecule has 0 aliphatic rings. The molecular weight excluding hydrogens is 228 g/mol. The molecule has 1 aromatic heterocycles. The van der Waals surface area contributed by atoms with Gasteiger partial charge < -0.3 is 10.4 Å². The Labute approximate surface area is 105 Å². The normalized spacial score (nSPS) is 10.0. The summed E-state index contributed by atoms with van der Waals surface area (Å²) in [6.45, 7) is 0.554. The average Bonchev–Trinajstić information content (AvgIpc) is 2.40. The summed E-state index contributed by atoms with van der Waals surface area (Å²) >= 11 is 0. The molecule has 0 unspecified atom stereocenters. The molecule has 0 atom stereocenters. The molecule has 4 heteroatoms. The van der Waals surface area contributed by atoms with Crippen molar-refractivity contribution in [2.24, 2.45) is 0 Å². The van der Waals surface area contributed by atoms with E-state index in [4.69, 9.17) is 0 Å². The molecule has 92 valence electrons. The van der Waals surface area contributed by atoms with Gasteiger partial charge in [-0.05, 0) is 42.3 Å². The second-order valence-corrected chi connectivity index (χ2v) is 3.91. The Morgan fingerprint density at radius 1 is 1.22 bits per heavy atom. The number of phenols is 1. The highest BCUT2D eigenvalue weighted by Crippen LogP contribution is 2.10. The minimum absolute atomic E-state index is 0.0942. The van der Waals surface area contributed by atoms with Crippen LogP contribution in [0.1, 0.15) is 15.9 Å². The standard InChI is InChI=1S/C14H14N2O2/c17-13-3-1-2-12(10-13)14(18)16-9-6-11-4-7-15-8-5-11/h1-5,7-8,10,17H,6,9H2,(H,16,18). The summed E-state index contributed by atoms with van der Waals surface area (Å²) in [5, 5.41) is 12.1. The van der Waals surface area contributed by atoms with Gasteiger partial charge in [0.1, 0.15) is 5.75 Å². The predicted octanol–water partition coefficient (Wildman–Crippen LogP) is 1.76. The quantitative estimate of drug-likeness (QED) is 0.858. The second kappa shape index (κ2) is 5.82. The summed E-state index contributed by atoms with van der Waals surface area (Å²) in [6.07, 6.45) is 4.21. The summed E-state index contributed by atoms with van der Waals surface area (Å²) in [5.41, 5.74) is 1.59. The molecule has 0 saturated heterocycles. The van der Waals surface area contributed by atoms with Crippen LogP contribution in [0.15, 0.2) is 48.8 Å². The lowest BCUT2D eigenvalue weighted by Crippen LogP contribution is -2.25. The fourth-order valence-electron chi connectivity index (χ4n) is 1.62. The van der Waals surface area contributed by atoms with E-state index in [1.807, 2.05) is 12.1 Å². The maximum atomic E-state index is 11.8. The maximum Gasteiger partial charge on any atom is 0.251 e. The molecule has 0 saturated carbocycles. The Hall–Kier alpha value is -2.36. The van der Waals surface area contributed by atoms with Gasteiger partial charge in [-0.1, -0.05) is 6.07 Å². The van der Waals surface area contributed by atoms with Crippen LogP contribution in [0.2, 0.25) is 0 Å². The largest absolute Gasteiger partial charge is 0.508 e. The van der Waals surface area contributed by atoms with Gasteiger partial charge in [-0.25, -0.2) is 0 Å². The molecule has 2 aromatic rings. The number of carbonyl (C=O) groups excluding carboxylic acids is 1. The smallest absolute Gasteiger partial charge is 0.251 e. The molecule has 0 bridgehead atoms. The number of phenolic OH excluding ortho intramolecular Hbond substituents is 1. The number of carbonyl (C=O) groups is 1. The molecule has 1 amide bonds. The van der Waals surface area contributed by atoms with E-state index in [0.29, 0.717) is 12.1 Å². The minimum Gasteiger partial charge on any atom is -0.508 e. The highest BCUT2D eigenvalue weighted by atomic mass is 16.3. The van der Waals surface area contributed by atoms with E-state index < -0.39 is 0 Å². The first kappa shape index (κ1) is 12.1. The Kier molecular flexibility index (Phi) is 3.91. The van der Waals surface area contributed by atoms with E-state index in [1.165, 1.54) is 12.1 Å². The van der Waals surface area contributed by atoms with Crippen LogP contribution in [0, 0.1) is 0 Å². The van der Waals surface area contributed by atoms with Gasteiger partial charge in [0.2, 0.25) is 0 Å². The lowest BCUT2D eigenvalue weighted by Gasteiger charge is -2.05. The minimum atomic E-state index is -0.181. The molecule has 0 aliphatic heterocycles. The predicted molar refractivity (Wildman–Crippen MR) is 68.4 cm³/mol. The molecule has 1 heterocycles. The number of nitrogens with zero attached hydrogens (tertiary/aromatic N) is 1. The number of rotatable bonds is 4. The molecule has 18 heavy (non-hydrogen) atoms. The third-order valence-corrected chi connectivity index (χ3v) is 2.56. The molecule has 0 fully saturated rings. The van der Waals surface area contributed by atoms with E-state index in [9.17, 15) is 9.90 Å². The lowest BCUT2D eigenvalue weighted by molar-refractivity contribution is 0.0953. The van der Waals surface area contributed by atoms with Crippen molar-refractivity contribution in [3.05, 3.63) is 59.9 Å². The summed E-state index contributed by atoms with van der Waals surface area (Å²) in [7, 11) is 0. The number of hydrogen-bond acceptors (Lipinski definition) is 3. The third kappa shape index (κ3) is 3.31. The number of amides is 1. The molecule has 0 aliphatic carbocycles. The van der Waals surface area contributed by atoms with Gasteiger partial charge in [0, 0.05) is 24.5 Å². The van der Waals surface area contributed by atoms with Crippen molar-refractivity contribution >= 4 is 5.91 Å². The van der Waals surface area contributed by atoms with Crippen molar-refractivity contribution in [2.75, 3.05) is 6.54 Å². The van der Waals surface area contributed by atoms with Crippen molar-refractivity contribution in [1.29, 1.82) is 0 Å². The summed E-state index contributed by atoms with van der Waals surface area (Å²) in [5.74, 6) is -0.0864. The number of pyridine rings is 1. The van der Waals surface area contributed by atoms with Crippen LogP contribution in [0.25, 0.3) is 0 Å². The molecule has 2 rings (SSSR count). The molecule has 2 N–H and O–H groups in total. The number of aromatic nitrogens is 1. The van der Waals surface area contributed by atoms with E-state index in [1.54, 1.807) is 24.5 Å². The zero-order chi connectivity index (χ0) is 12.8. The van der Waals surface area contributed by atoms with Gasteiger partial charge in [-0.3, -0.25) is 9.78 Å². The monoisotopic (exact) mass is 242 g/mol. The van der Waals surface area contributed by atoms with Crippen LogP contribution in [-0.2, 0) is 6.42 Å². The zero-order valence-corrected chi connectivity index (χ0v) is 9.84. The van der Waals surface area contributed by atoms with Crippen LogP contribution in [-0.4, -0.2) is 22.5 Å². The first-order chi connectivity index (χ1) is 8.75. The lowest BCUT2D eigenvalue weighted by atomic mass is 10.2. The fraction of sp³-hybridized carbons (Fsp3) is 0.143. The van der Waals surface area contributed by atoms with E-state index in [2.05, 4.69) is 10.3 Å². The first-order valence-electron chi connectivity index (χ1n) is 5.72. The van der Waals surface area contributed by atoms with Gasteiger partial charge in [-0.15, -0.1) is 0 Å². The van der Waals surface area contributed by atoms with Gasteiger partial charge in [0.05, 0.1) is 0 Å². The third-order valence-electron chi connectivity index (χ3n) is 2.56. The molecule has 4 nitrogen and oxygen atoms in total. The van der Waals surface area contributed by atoms with Crippen molar-refractivity contribution in [3.63, 3.8) is 0 Å². The Balaban J connectivity index is 1.86. The van der Waals surface area contributed by atoms with Crippen molar-refractivity contribution in [1.82, 2.24) is 10.3 Å². The van der Waals surface area contributed by atoms with Gasteiger partial charge >= 0.3 is 0 Å². The molecule has 0 radical (unpaired) electrons. The van der Waals surface area contributed by atoms with Crippen molar-refractivity contribution in [2.45, 2.75) is 6.42 Å². The average molecular weight is 242 g/mol. The van der Waals surface area contributed by atoms with Crippen LogP contribution < -0.4 is 5.32 Å². The number of nitrogens with one attached hydrogen (secondary N) is 1. The van der Waals surface area contributed by atoms with Crippen molar-refractivity contribution < 1.29 is 9.90 Å². The van der Waals surface area contributed by atoms with Crippen LogP contribution >= 0.6 is 0 Å². The first-order valence-corrected chi connectivity index (χ1v) is 5.72. The van der Waals surface area contributed by atoms with E-state index >= 15 is 0 Å². The molecular formula is C14H14N2O2. The summed E-state index contributed by atoms with van der Waals surface area (Å²) in [4.78, 5) is 15.7. The number of benzene rings is 1. The highest BCUT2D eigenvalue weighted by Gasteiger charge is 2.04. The highest BCUT2D eigenvalue weighted by molar-refractivity contribution is 5.94. The Bertz CT molecular complexity index is 526. The number of aromatic hydroxyl groups is 1. The van der Waals surface area contributed by atoms with Gasteiger partial charge in [0.25, 0.3) is 5.91 Å². The SMILES string of the molecule is O=C(NCCc1ccncc1)c1cccc(O)c1. The van der Waals surface area contributed by atoms with Gasteiger partial charge in [-0.2, -0.15) is 0 Å². The topological polar surface area (TPSA) is 62.2 Å². The second-order valence-electron chi connectivity index (χ2n) is 3.91. The van der Waals surface area contributed by atoms with Crippen LogP contribution in [0.3, 0.4) is 0 Å². The van der Waals surface area contributed by atoms with Gasteiger partial charge in [0.15, 0.2) is 0 Å². The number of hydrogen-bond donors (Lipinski definition) is 2. The zero-order valence-electron chi connectivity index (χ0n) is 9.84. The molecule has 1 aromatic carbocycles. The Morgan fingerprint density at radius 3 is 2.72 bits per heavy atom. The van der Waals surface area contributed by atoms with E-state index in [0.717, 1.165) is 12.0 Å². The Morgan fingerprint density at radius 2 is 2.00 bits per heavy atom. The maximum absolute atomic E-state index is 11.8.